The number of hydroxylamine groups is 2. The van der Waals surface area contributed by atoms with E-state index in [-0.39, 0.29) is 24.3 Å². The Balaban J connectivity index is 1.89. The molecule has 0 unspecified atom stereocenters. The van der Waals surface area contributed by atoms with E-state index in [0.717, 1.165) is 10.4 Å². The largest absolute Gasteiger partial charge is 0.404 e. The van der Waals surface area contributed by atoms with Crippen LogP contribution < -0.4 is 10.4 Å². The molecule has 3 rings (SSSR count). The summed E-state index contributed by atoms with van der Waals surface area (Å²) in [5.41, 5.74) is 0. The summed E-state index contributed by atoms with van der Waals surface area (Å²) in [5, 5.41) is 2.57. The van der Waals surface area contributed by atoms with Gasteiger partial charge in [-0.25, -0.2) is 4.79 Å². The molecule has 1 aliphatic heterocycles. The van der Waals surface area contributed by atoms with Crippen molar-refractivity contribution in [3.8, 4) is 0 Å². The zero-order chi connectivity index (χ0) is 22.6. The van der Waals surface area contributed by atoms with E-state index < -0.39 is 32.2 Å². The van der Waals surface area contributed by atoms with Crippen LogP contribution in [0.4, 0.5) is 0 Å². The third kappa shape index (κ3) is 4.78. The maximum atomic E-state index is 12.5. The molecule has 0 radical (unpaired) electrons. The van der Waals surface area contributed by atoms with Crippen molar-refractivity contribution in [2.24, 2.45) is 0 Å². The lowest BCUT2D eigenvalue weighted by molar-refractivity contribution is -0.198. The fourth-order valence-electron chi connectivity index (χ4n) is 4.07. The minimum absolute atomic E-state index is 0.0679. The topological polar surface area (TPSA) is 72.9 Å². The molecule has 1 atom stereocenters. The summed E-state index contributed by atoms with van der Waals surface area (Å²) in [6, 6.07) is 20.3. The van der Waals surface area contributed by atoms with Gasteiger partial charge in [0.15, 0.2) is 0 Å². The molecule has 1 aliphatic rings. The Bertz CT molecular complexity index is 884. The average molecular weight is 440 g/mol. The van der Waals surface area contributed by atoms with Gasteiger partial charge in [0.05, 0.1) is 12.5 Å². The number of amides is 2. The number of rotatable bonds is 7. The molecular formula is C24H29NO5Si. The normalized spacial score (nSPS) is 15.8. The monoisotopic (exact) mass is 439 g/mol. The number of carbonyl (C=O) groups excluding carboxylic acids is 3. The second kappa shape index (κ2) is 9.16. The summed E-state index contributed by atoms with van der Waals surface area (Å²) < 4.78 is 6.81. The summed E-state index contributed by atoms with van der Waals surface area (Å²) in [4.78, 5) is 41.0. The van der Waals surface area contributed by atoms with Crippen LogP contribution in [-0.4, -0.2) is 37.3 Å². The van der Waals surface area contributed by atoms with E-state index in [1.54, 1.807) is 0 Å². The Hall–Kier alpha value is -2.77. The van der Waals surface area contributed by atoms with Crippen molar-refractivity contribution in [3.63, 3.8) is 0 Å². The standard InChI is InChI=1S/C24H29NO5Si/c1-18(17-23(28)29-25-21(26)15-16-22(25)27)30-31(24(2,3)4,19-11-7-5-8-12-19)20-13-9-6-10-14-20/h5-14,18H,15-17H2,1-4H3/t18-/m1/s1. The van der Waals surface area contributed by atoms with Crippen LogP contribution in [-0.2, 0) is 23.6 Å². The van der Waals surface area contributed by atoms with Crippen molar-refractivity contribution in [1.29, 1.82) is 0 Å². The Kier molecular flexibility index (Phi) is 6.76. The van der Waals surface area contributed by atoms with Gasteiger partial charge in [0.25, 0.3) is 20.1 Å². The summed E-state index contributed by atoms with van der Waals surface area (Å²) in [6.45, 7) is 8.30. The molecule has 7 heteroatoms. The van der Waals surface area contributed by atoms with Gasteiger partial charge >= 0.3 is 5.97 Å². The van der Waals surface area contributed by atoms with Crippen LogP contribution in [0.1, 0.15) is 47.0 Å². The second-order valence-corrected chi connectivity index (χ2v) is 13.1. The lowest BCUT2D eigenvalue weighted by Gasteiger charge is -2.44. The first kappa shape index (κ1) is 22.9. The highest BCUT2D eigenvalue weighted by Crippen LogP contribution is 2.37. The first-order valence-electron chi connectivity index (χ1n) is 10.5. The smallest absolute Gasteiger partial charge is 0.335 e. The van der Waals surface area contributed by atoms with Gasteiger partial charge in [-0.3, -0.25) is 9.59 Å². The molecule has 0 bridgehead atoms. The van der Waals surface area contributed by atoms with E-state index >= 15 is 0 Å². The third-order valence-electron chi connectivity index (χ3n) is 5.45. The zero-order valence-electron chi connectivity index (χ0n) is 18.5. The lowest BCUT2D eigenvalue weighted by Crippen LogP contribution is -2.67. The third-order valence-corrected chi connectivity index (χ3v) is 10.6. The molecule has 0 aliphatic carbocycles. The van der Waals surface area contributed by atoms with Crippen LogP contribution >= 0.6 is 0 Å². The van der Waals surface area contributed by atoms with Crippen molar-refractivity contribution in [2.45, 2.75) is 58.1 Å². The molecule has 2 aromatic carbocycles. The molecule has 1 saturated heterocycles. The van der Waals surface area contributed by atoms with Gasteiger partial charge in [0.1, 0.15) is 0 Å². The van der Waals surface area contributed by atoms with Crippen LogP contribution in [0.2, 0.25) is 5.04 Å². The Morgan fingerprint density at radius 1 is 0.935 bits per heavy atom. The first-order chi connectivity index (χ1) is 14.6. The van der Waals surface area contributed by atoms with Gasteiger partial charge < -0.3 is 9.26 Å². The maximum Gasteiger partial charge on any atom is 0.335 e. The van der Waals surface area contributed by atoms with Crippen LogP contribution in [0.25, 0.3) is 0 Å². The summed E-state index contributed by atoms with van der Waals surface area (Å²) in [7, 11) is -2.81. The van der Waals surface area contributed by atoms with Gasteiger partial charge in [-0.15, -0.1) is 5.06 Å². The summed E-state index contributed by atoms with van der Waals surface area (Å²) in [6.07, 6.45) is -0.409. The molecule has 164 valence electrons. The van der Waals surface area contributed by atoms with Gasteiger partial charge in [-0.05, 0) is 22.3 Å². The number of hydrogen-bond donors (Lipinski definition) is 0. The molecule has 1 heterocycles. The molecule has 0 saturated carbocycles. The van der Waals surface area contributed by atoms with Crippen LogP contribution in [0.5, 0.6) is 0 Å². The van der Waals surface area contributed by atoms with E-state index in [9.17, 15) is 14.4 Å². The van der Waals surface area contributed by atoms with Crippen molar-refractivity contribution >= 4 is 36.5 Å². The summed E-state index contributed by atoms with van der Waals surface area (Å²) >= 11 is 0. The number of nitrogens with zero attached hydrogens (tertiary/aromatic N) is 1. The first-order valence-corrected chi connectivity index (χ1v) is 12.4. The molecule has 6 nitrogen and oxygen atoms in total. The average Bonchev–Trinajstić information content (AvgIpc) is 3.04. The molecule has 2 amide bonds. The van der Waals surface area contributed by atoms with Crippen molar-refractivity contribution in [2.75, 3.05) is 0 Å². The highest BCUT2D eigenvalue weighted by Gasteiger charge is 2.51. The highest BCUT2D eigenvalue weighted by atomic mass is 28.4. The van der Waals surface area contributed by atoms with Crippen LogP contribution in [0, 0.1) is 0 Å². The van der Waals surface area contributed by atoms with Gasteiger partial charge in [0, 0.05) is 12.8 Å². The van der Waals surface area contributed by atoms with E-state index in [2.05, 4.69) is 45.0 Å². The Labute approximate surface area is 184 Å². The fraction of sp³-hybridized carbons (Fsp3) is 0.375. The number of imide groups is 1. The van der Waals surface area contributed by atoms with Crippen molar-refractivity contribution < 1.29 is 23.6 Å². The van der Waals surface area contributed by atoms with Crippen LogP contribution in [0.3, 0.4) is 0 Å². The Morgan fingerprint density at radius 3 is 1.81 bits per heavy atom. The minimum atomic E-state index is -2.81. The zero-order valence-corrected chi connectivity index (χ0v) is 19.5. The number of hydrogen-bond acceptors (Lipinski definition) is 5. The Morgan fingerprint density at radius 2 is 1.39 bits per heavy atom. The molecule has 1 fully saturated rings. The highest BCUT2D eigenvalue weighted by molar-refractivity contribution is 6.99. The summed E-state index contributed by atoms with van der Waals surface area (Å²) in [5.74, 6) is -1.63. The number of benzene rings is 2. The molecule has 0 N–H and O–H groups in total. The minimum Gasteiger partial charge on any atom is -0.404 e. The molecule has 0 aromatic heterocycles. The van der Waals surface area contributed by atoms with Gasteiger partial charge in [-0.2, -0.15) is 0 Å². The van der Waals surface area contributed by atoms with E-state index in [1.807, 2.05) is 43.3 Å². The molecular weight excluding hydrogens is 410 g/mol. The van der Waals surface area contributed by atoms with Crippen molar-refractivity contribution in [1.82, 2.24) is 5.06 Å². The molecule has 0 spiro atoms. The second-order valence-electron chi connectivity index (χ2n) is 8.84. The van der Waals surface area contributed by atoms with E-state index in [0.29, 0.717) is 5.06 Å². The van der Waals surface area contributed by atoms with E-state index in [1.165, 1.54) is 0 Å². The van der Waals surface area contributed by atoms with E-state index in [4.69, 9.17) is 9.26 Å². The van der Waals surface area contributed by atoms with Crippen LogP contribution in [0.15, 0.2) is 60.7 Å². The SMILES string of the molecule is C[C@H](CC(=O)ON1C(=O)CCC1=O)O[Si](c1ccccc1)(c1ccccc1)C(C)(C)C. The predicted octanol–water partition coefficient (Wildman–Crippen LogP) is 2.95. The predicted molar refractivity (Wildman–Crippen MR) is 120 cm³/mol. The van der Waals surface area contributed by atoms with Crippen molar-refractivity contribution in [3.05, 3.63) is 60.7 Å². The fourth-order valence-corrected chi connectivity index (χ4v) is 8.77. The number of carbonyl (C=O) groups is 3. The van der Waals surface area contributed by atoms with Gasteiger partial charge in [0.2, 0.25) is 0 Å². The molecule has 2 aromatic rings. The quantitative estimate of drug-likeness (QED) is 0.490. The lowest BCUT2D eigenvalue weighted by atomic mass is 10.2. The molecule has 31 heavy (non-hydrogen) atoms. The maximum absolute atomic E-state index is 12.5. The van der Waals surface area contributed by atoms with Gasteiger partial charge in [-0.1, -0.05) is 81.4 Å².